The summed E-state index contributed by atoms with van der Waals surface area (Å²) in [6.07, 6.45) is 3.94. The molecule has 1 aromatic heterocycles. The quantitative estimate of drug-likeness (QED) is 0.333. The molecule has 0 radical (unpaired) electrons. The third-order valence-corrected chi connectivity index (χ3v) is 7.28. The molecule has 6 N–H and O–H groups in total. The second kappa shape index (κ2) is 9.14. The van der Waals surface area contributed by atoms with Gasteiger partial charge in [0.15, 0.2) is 5.75 Å². The van der Waals surface area contributed by atoms with E-state index in [1.54, 1.807) is 30.5 Å². The Bertz CT molecular complexity index is 1280. The van der Waals surface area contributed by atoms with Gasteiger partial charge in [-0.25, -0.2) is 4.98 Å². The van der Waals surface area contributed by atoms with Crippen LogP contribution in [0.25, 0.3) is 11.1 Å². The molecule has 0 unspecified atom stereocenters. The van der Waals surface area contributed by atoms with Crippen molar-refractivity contribution in [1.29, 1.82) is 0 Å². The van der Waals surface area contributed by atoms with E-state index in [2.05, 4.69) is 9.97 Å². The molecule has 9 nitrogen and oxygen atoms in total. The molecule has 0 bridgehead atoms. The summed E-state index contributed by atoms with van der Waals surface area (Å²) in [7, 11) is -3.81. The fraction of sp³-hybridized carbons (Fsp3) is 0.304. The molecule has 1 heterocycles. The summed E-state index contributed by atoms with van der Waals surface area (Å²) in [5, 5.41) is -0.508. The summed E-state index contributed by atoms with van der Waals surface area (Å²) in [4.78, 5) is 8.01. The lowest BCUT2D eigenvalue weighted by atomic mass is 9.98. The van der Waals surface area contributed by atoms with Gasteiger partial charge in [-0.05, 0) is 55.2 Å². The molecule has 3 aromatic rings. The summed E-state index contributed by atoms with van der Waals surface area (Å²) in [6.45, 7) is 2.23. The van der Waals surface area contributed by atoms with Gasteiger partial charge in [0.1, 0.15) is 11.6 Å². The molecule has 1 aliphatic carbocycles. The molecule has 0 aliphatic heterocycles. The Hall–Kier alpha value is -3.53. The first kappa shape index (κ1) is 22.7. The molecule has 0 amide bonds. The SMILES string of the molecule is CCOc1cc(Cc2cnc(N)nc2N)cc(OS(=O)(=O)C2CCC2)c1-c1cccc(N)c1. The molecule has 0 saturated heterocycles. The highest BCUT2D eigenvalue weighted by Crippen LogP contribution is 2.42. The minimum atomic E-state index is -3.81. The van der Waals surface area contributed by atoms with Crippen molar-refractivity contribution < 1.29 is 17.3 Å². The van der Waals surface area contributed by atoms with Crippen LogP contribution in [0.15, 0.2) is 42.6 Å². The highest BCUT2D eigenvalue weighted by Gasteiger charge is 2.34. The van der Waals surface area contributed by atoms with Crippen molar-refractivity contribution in [3.8, 4) is 22.6 Å². The Morgan fingerprint density at radius 2 is 1.85 bits per heavy atom. The van der Waals surface area contributed by atoms with Crippen LogP contribution < -0.4 is 26.1 Å². The minimum absolute atomic E-state index is 0.0823. The molecule has 2 aromatic carbocycles. The average Bonchev–Trinajstić information content (AvgIpc) is 2.68. The number of nitrogen functional groups attached to an aromatic ring is 3. The molecule has 0 spiro atoms. The number of benzene rings is 2. The number of hydrogen-bond acceptors (Lipinski definition) is 9. The lowest BCUT2D eigenvalue weighted by Crippen LogP contribution is -2.32. The molecule has 10 heteroatoms. The predicted molar refractivity (Wildman–Crippen MR) is 128 cm³/mol. The van der Waals surface area contributed by atoms with Crippen molar-refractivity contribution in [1.82, 2.24) is 9.97 Å². The lowest BCUT2D eigenvalue weighted by Gasteiger charge is -2.26. The van der Waals surface area contributed by atoms with Gasteiger partial charge in [0, 0.05) is 23.9 Å². The van der Waals surface area contributed by atoms with Crippen LogP contribution in [0.2, 0.25) is 0 Å². The zero-order chi connectivity index (χ0) is 23.6. The first-order valence-electron chi connectivity index (χ1n) is 10.7. The summed E-state index contributed by atoms with van der Waals surface area (Å²) in [6, 6.07) is 10.7. The van der Waals surface area contributed by atoms with Gasteiger partial charge in [-0.3, -0.25) is 0 Å². The Morgan fingerprint density at radius 1 is 1.09 bits per heavy atom. The molecule has 1 saturated carbocycles. The number of nitrogens with two attached hydrogens (primary N) is 3. The Labute approximate surface area is 193 Å². The van der Waals surface area contributed by atoms with E-state index >= 15 is 0 Å². The molecule has 4 rings (SSSR count). The molecular weight excluding hydrogens is 442 g/mol. The summed E-state index contributed by atoms with van der Waals surface area (Å²) >= 11 is 0. The third kappa shape index (κ3) is 4.95. The minimum Gasteiger partial charge on any atom is -0.493 e. The van der Waals surface area contributed by atoms with Crippen LogP contribution >= 0.6 is 0 Å². The first-order valence-corrected chi connectivity index (χ1v) is 12.2. The molecular formula is C23H27N5O4S. The monoisotopic (exact) mass is 469 g/mol. The van der Waals surface area contributed by atoms with Gasteiger partial charge in [0.05, 0.1) is 17.4 Å². The van der Waals surface area contributed by atoms with Crippen molar-refractivity contribution in [3.63, 3.8) is 0 Å². The highest BCUT2D eigenvalue weighted by atomic mass is 32.2. The fourth-order valence-electron chi connectivity index (χ4n) is 3.70. The van der Waals surface area contributed by atoms with Gasteiger partial charge in [0.2, 0.25) is 5.95 Å². The summed E-state index contributed by atoms with van der Waals surface area (Å²) < 4.78 is 37.5. The van der Waals surface area contributed by atoms with E-state index in [0.29, 0.717) is 54.0 Å². The number of hydrogen-bond donors (Lipinski definition) is 3. The fourth-order valence-corrected chi connectivity index (χ4v) is 5.13. The van der Waals surface area contributed by atoms with Crippen LogP contribution in [0.5, 0.6) is 11.5 Å². The van der Waals surface area contributed by atoms with Crippen molar-refractivity contribution in [3.05, 3.63) is 53.7 Å². The molecule has 0 atom stereocenters. The lowest BCUT2D eigenvalue weighted by molar-refractivity contribution is 0.340. The van der Waals surface area contributed by atoms with Gasteiger partial charge in [-0.2, -0.15) is 13.4 Å². The molecule has 33 heavy (non-hydrogen) atoms. The first-order chi connectivity index (χ1) is 15.8. The van der Waals surface area contributed by atoms with E-state index in [1.807, 2.05) is 19.1 Å². The topological polar surface area (TPSA) is 156 Å². The van der Waals surface area contributed by atoms with E-state index in [4.69, 9.17) is 26.1 Å². The zero-order valence-electron chi connectivity index (χ0n) is 18.3. The third-order valence-electron chi connectivity index (χ3n) is 5.58. The average molecular weight is 470 g/mol. The van der Waals surface area contributed by atoms with E-state index < -0.39 is 15.4 Å². The Morgan fingerprint density at radius 3 is 2.48 bits per heavy atom. The van der Waals surface area contributed by atoms with Crippen molar-refractivity contribution in [2.45, 2.75) is 37.9 Å². The van der Waals surface area contributed by atoms with Crippen LogP contribution in [0.4, 0.5) is 17.5 Å². The number of nitrogens with zero attached hydrogens (tertiary/aromatic N) is 2. The molecule has 174 valence electrons. The molecule has 1 aliphatic rings. The summed E-state index contributed by atoms with van der Waals surface area (Å²) in [5.41, 5.74) is 20.7. The van der Waals surface area contributed by atoms with Gasteiger partial charge in [-0.1, -0.05) is 18.6 Å². The van der Waals surface area contributed by atoms with E-state index in [-0.39, 0.29) is 17.5 Å². The number of rotatable bonds is 8. The van der Waals surface area contributed by atoms with Crippen LogP contribution in [0.1, 0.15) is 37.3 Å². The van der Waals surface area contributed by atoms with Crippen LogP contribution in [0, 0.1) is 0 Å². The largest absolute Gasteiger partial charge is 0.493 e. The van der Waals surface area contributed by atoms with Gasteiger partial charge in [-0.15, -0.1) is 0 Å². The van der Waals surface area contributed by atoms with E-state index in [0.717, 1.165) is 12.0 Å². The van der Waals surface area contributed by atoms with Crippen LogP contribution in [-0.4, -0.2) is 30.2 Å². The Kier molecular flexibility index (Phi) is 6.28. The van der Waals surface area contributed by atoms with E-state index in [1.165, 1.54) is 0 Å². The maximum Gasteiger partial charge on any atom is 0.312 e. The second-order valence-electron chi connectivity index (χ2n) is 7.97. The standard InChI is InChI=1S/C23H27N5O4S/c1-2-31-19-10-14(9-16-13-27-23(26)28-22(16)25)11-20(32-33(29,30)18-7-4-8-18)21(19)15-5-3-6-17(24)12-15/h3,5-6,10-13,18H,2,4,7-9,24H2,1H3,(H4,25,26,27,28). The molecule has 1 fully saturated rings. The maximum atomic E-state index is 12.9. The van der Waals surface area contributed by atoms with Crippen molar-refractivity contribution in [2.24, 2.45) is 0 Å². The Balaban J connectivity index is 1.84. The second-order valence-corrected chi connectivity index (χ2v) is 9.79. The maximum absolute atomic E-state index is 12.9. The van der Waals surface area contributed by atoms with Gasteiger partial charge >= 0.3 is 10.1 Å². The number of ether oxygens (including phenoxy) is 1. The number of aromatic nitrogens is 2. The van der Waals surface area contributed by atoms with Gasteiger partial charge in [0.25, 0.3) is 0 Å². The van der Waals surface area contributed by atoms with Crippen LogP contribution in [-0.2, 0) is 16.5 Å². The number of anilines is 3. The predicted octanol–water partition coefficient (Wildman–Crippen LogP) is 3.14. The van der Waals surface area contributed by atoms with E-state index in [9.17, 15) is 8.42 Å². The van der Waals surface area contributed by atoms with Crippen LogP contribution in [0.3, 0.4) is 0 Å². The normalized spacial score (nSPS) is 14.0. The zero-order valence-corrected chi connectivity index (χ0v) is 19.1. The summed E-state index contributed by atoms with van der Waals surface area (Å²) in [5.74, 6) is 1.00. The van der Waals surface area contributed by atoms with Crippen molar-refractivity contribution >= 4 is 27.6 Å². The van der Waals surface area contributed by atoms with Gasteiger partial charge < -0.3 is 26.1 Å². The smallest absolute Gasteiger partial charge is 0.312 e. The van der Waals surface area contributed by atoms with Crippen molar-refractivity contribution in [2.75, 3.05) is 23.8 Å². The highest BCUT2D eigenvalue weighted by molar-refractivity contribution is 7.87.